The molecule has 3 aliphatic rings. The number of rotatable bonds is 7. The molecule has 9 heteroatoms. The Balaban J connectivity index is 1.46. The van der Waals surface area contributed by atoms with E-state index >= 15 is 0 Å². The number of ether oxygens (including phenoxy) is 1. The van der Waals surface area contributed by atoms with Crippen molar-refractivity contribution in [3.05, 3.63) is 89.7 Å². The summed E-state index contributed by atoms with van der Waals surface area (Å²) < 4.78 is 19.9. The fraction of sp³-hybridized carbons (Fsp3) is 0.300. The molecule has 3 aliphatic heterocycles. The molecule has 3 heterocycles. The Labute approximate surface area is 230 Å². The molecular weight excluding hydrogens is 517 g/mol. The van der Waals surface area contributed by atoms with Crippen molar-refractivity contribution in [2.24, 2.45) is 11.8 Å². The number of hydrogen-bond donors (Lipinski definition) is 1. The van der Waals surface area contributed by atoms with Crippen molar-refractivity contribution in [1.82, 2.24) is 5.32 Å². The topological polar surface area (TPSA) is 79.0 Å². The number of imide groups is 1. The van der Waals surface area contributed by atoms with Crippen LogP contribution in [0.1, 0.15) is 17.5 Å². The van der Waals surface area contributed by atoms with Gasteiger partial charge in [-0.3, -0.25) is 19.7 Å². The third kappa shape index (κ3) is 3.78. The summed E-state index contributed by atoms with van der Waals surface area (Å²) in [6.45, 7) is 0.0170. The van der Waals surface area contributed by atoms with Gasteiger partial charge in [-0.2, -0.15) is 11.8 Å². The highest BCUT2D eigenvalue weighted by atomic mass is 32.2. The molecule has 7 nitrogen and oxygen atoms in total. The summed E-state index contributed by atoms with van der Waals surface area (Å²) in [5, 5.41) is 3.50. The zero-order chi connectivity index (χ0) is 27.3. The first-order valence-electron chi connectivity index (χ1n) is 12.9. The summed E-state index contributed by atoms with van der Waals surface area (Å²) in [5.41, 5.74) is 0.654. The Morgan fingerprint density at radius 2 is 1.69 bits per heavy atom. The van der Waals surface area contributed by atoms with Gasteiger partial charge in [-0.25, -0.2) is 9.29 Å². The normalized spacial score (nSPS) is 25.5. The van der Waals surface area contributed by atoms with Gasteiger partial charge in [0.05, 0.1) is 31.2 Å². The van der Waals surface area contributed by atoms with E-state index < -0.39 is 29.1 Å². The van der Waals surface area contributed by atoms with E-state index in [1.54, 1.807) is 66.2 Å². The molecule has 6 rings (SSSR count). The van der Waals surface area contributed by atoms with Gasteiger partial charge in [-0.15, -0.1) is 0 Å². The van der Waals surface area contributed by atoms with Crippen LogP contribution >= 0.6 is 11.8 Å². The standard InChI is InChI=1S/C30H28FN3O4S/c1-38-20-13-11-19(12-14-20)34-27(35)25-23(15-16-39-2)32-30(26(25)28(34)36)21-8-4-6-10-24(21)33(29(30)37)17-18-7-3-5-9-22(18)31/h3-14,23,25-26,32H,15-17H2,1-2H3/t23-,25+,26-,30+/m0/s1. The van der Waals surface area contributed by atoms with E-state index in [9.17, 15) is 18.8 Å². The first-order valence-corrected chi connectivity index (χ1v) is 14.2. The molecule has 0 aliphatic carbocycles. The summed E-state index contributed by atoms with van der Waals surface area (Å²) >= 11 is 1.65. The van der Waals surface area contributed by atoms with Crippen molar-refractivity contribution < 1.29 is 23.5 Å². The zero-order valence-electron chi connectivity index (χ0n) is 21.6. The minimum Gasteiger partial charge on any atom is -0.497 e. The summed E-state index contributed by atoms with van der Waals surface area (Å²) in [6, 6.07) is 20.0. The minimum atomic E-state index is -1.43. The van der Waals surface area contributed by atoms with Gasteiger partial charge in [0.15, 0.2) is 0 Å². The number of thioether (sulfide) groups is 1. The number of halogens is 1. The summed E-state index contributed by atoms with van der Waals surface area (Å²) in [5.74, 6) is -1.75. The lowest BCUT2D eigenvalue weighted by atomic mass is 9.76. The highest BCUT2D eigenvalue weighted by Gasteiger charge is 2.71. The van der Waals surface area contributed by atoms with Crippen LogP contribution in [-0.2, 0) is 26.5 Å². The monoisotopic (exact) mass is 545 g/mol. The van der Waals surface area contributed by atoms with E-state index in [-0.39, 0.29) is 24.4 Å². The number of carbonyl (C=O) groups is 3. The Morgan fingerprint density at radius 1 is 0.974 bits per heavy atom. The molecule has 39 heavy (non-hydrogen) atoms. The number of nitrogens with zero attached hydrogens (tertiary/aromatic N) is 2. The molecular formula is C30H28FN3O4S. The second-order valence-corrected chi connectivity index (χ2v) is 11.0. The molecule has 0 unspecified atom stereocenters. The number of para-hydroxylation sites is 1. The third-order valence-electron chi connectivity index (χ3n) is 8.12. The van der Waals surface area contributed by atoms with Gasteiger partial charge in [0.25, 0.3) is 5.91 Å². The van der Waals surface area contributed by atoms with Crippen LogP contribution in [0.15, 0.2) is 72.8 Å². The first-order chi connectivity index (χ1) is 18.9. The van der Waals surface area contributed by atoms with E-state index in [0.717, 1.165) is 5.75 Å². The lowest BCUT2D eigenvalue weighted by molar-refractivity contribution is -0.132. The van der Waals surface area contributed by atoms with E-state index in [1.165, 1.54) is 11.0 Å². The number of methoxy groups -OCH3 is 1. The Bertz CT molecular complexity index is 1460. The molecule has 3 aromatic rings. The average molecular weight is 546 g/mol. The molecule has 0 aromatic heterocycles. The molecule has 1 N–H and O–H groups in total. The van der Waals surface area contributed by atoms with Crippen molar-refractivity contribution in [3.8, 4) is 5.75 Å². The minimum absolute atomic E-state index is 0.0170. The van der Waals surface area contributed by atoms with Crippen molar-refractivity contribution in [3.63, 3.8) is 0 Å². The lowest BCUT2D eigenvalue weighted by Crippen LogP contribution is -2.55. The van der Waals surface area contributed by atoms with Crippen LogP contribution in [0, 0.1) is 17.7 Å². The Hall–Kier alpha value is -3.69. The van der Waals surface area contributed by atoms with E-state index in [0.29, 0.717) is 34.7 Å². The third-order valence-corrected chi connectivity index (χ3v) is 8.76. The van der Waals surface area contributed by atoms with Gasteiger partial charge in [0.2, 0.25) is 11.8 Å². The van der Waals surface area contributed by atoms with Crippen molar-refractivity contribution in [2.75, 3.05) is 28.9 Å². The second-order valence-electron chi connectivity index (χ2n) is 10.1. The summed E-state index contributed by atoms with van der Waals surface area (Å²) in [7, 11) is 1.55. The largest absolute Gasteiger partial charge is 0.497 e. The second kappa shape index (κ2) is 9.81. The van der Waals surface area contributed by atoms with Gasteiger partial charge < -0.3 is 9.64 Å². The maximum atomic E-state index is 14.7. The van der Waals surface area contributed by atoms with Crippen LogP contribution in [0.5, 0.6) is 5.75 Å². The molecule has 1 spiro atoms. The molecule has 3 amide bonds. The Morgan fingerprint density at radius 3 is 2.41 bits per heavy atom. The highest BCUT2D eigenvalue weighted by Crippen LogP contribution is 2.55. The van der Waals surface area contributed by atoms with Crippen LogP contribution in [0.25, 0.3) is 0 Å². The molecule has 0 radical (unpaired) electrons. The maximum Gasteiger partial charge on any atom is 0.253 e. The number of amides is 3. The quantitative estimate of drug-likeness (QED) is 0.451. The molecule has 0 bridgehead atoms. The fourth-order valence-corrected chi connectivity index (χ4v) is 6.87. The molecule has 4 atom stereocenters. The lowest BCUT2D eigenvalue weighted by Gasteiger charge is -2.30. The van der Waals surface area contributed by atoms with E-state index in [4.69, 9.17) is 4.74 Å². The molecule has 200 valence electrons. The molecule has 0 saturated carbocycles. The number of anilines is 2. The molecule has 3 aromatic carbocycles. The van der Waals surface area contributed by atoms with Gasteiger partial charge in [0, 0.05) is 22.9 Å². The molecule has 2 fully saturated rings. The van der Waals surface area contributed by atoms with Crippen molar-refractivity contribution in [1.29, 1.82) is 0 Å². The number of fused-ring (bicyclic) bond motifs is 4. The van der Waals surface area contributed by atoms with Crippen LogP contribution < -0.4 is 19.9 Å². The number of benzene rings is 3. The highest BCUT2D eigenvalue weighted by molar-refractivity contribution is 7.98. The SMILES string of the molecule is COc1ccc(N2C(=O)[C@@H]3[C@H](CCSC)N[C@@]4(C(=O)N(Cc5ccccc5F)c5ccccc54)[C@@H]3C2=O)cc1. The van der Waals surface area contributed by atoms with E-state index in [2.05, 4.69) is 5.32 Å². The van der Waals surface area contributed by atoms with E-state index in [1.807, 2.05) is 30.5 Å². The van der Waals surface area contributed by atoms with Crippen LogP contribution in [0.2, 0.25) is 0 Å². The van der Waals surface area contributed by atoms with Crippen molar-refractivity contribution >= 4 is 40.9 Å². The van der Waals surface area contributed by atoms with Crippen LogP contribution in [0.3, 0.4) is 0 Å². The van der Waals surface area contributed by atoms with Crippen LogP contribution in [0.4, 0.5) is 15.8 Å². The molecule has 2 saturated heterocycles. The van der Waals surface area contributed by atoms with Crippen LogP contribution in [-0.4, -0.2) is 42.9 Å². The van der Waals surface area contributed by atoms with Crippen molar-refractivity contribution in [2.45, 2.75) is 24.5 Å². The predicted octanol–water partition coefficient (Wildman–Crippen LogP) is 4.11. The van der Waals surface area contributed by atoms with Gasteiger partial charge in [-0.05, 0) is 54.8 Å². The zero-order valence-corrected chi connectivity index (χ0v) is 22.4. The number of nitrogens with one attached hydrogen (secondary N) is 1. The summed E-state index contributed by atoms with van der Waals surface area (Å²) in [4.78, 5) is 45.4. The van der Waals surface area contributed by atoms with Gasteiger partial charge >= 0.3 is 0 Å². The maximum absolute atomic E-state index is 14.7. The number of hydrogen-bond acceptors (Lipinski definition) is 6. The first kappa shape index (κ1) is 25.6. The smallest absolute Gasteiger partial charge is 0.253 e. The van der Waals surface area contributed by atoms with Gasteiger partial charge in [-0.1, -0.05) is 36.4 Å². The summed E-state index contributed by atoms with van der Waals surface area (Å²) in [6.07, 6.45) is 2.60. The predicted molar refractivity (Wildman–Crippen MR) is 148 cm³/mol. The van der Waals surface area contributed by atoms with Gasteiger partial charge in [0.1, 0.15) is 17.1 Å². The average Bonchev–Trinajstić information content (AvgIpc) is 3.52. The number of carbonyl (C=O) groups excluding carboxylic acids is 3. The Kier molecular flexibility index (Phi) is 6.43. The fourth-order valence-electron chi connectivity index (χ4n) is 6.38.